The highest BCUT2D eigenvalue weighted by molar-refractivity contribution is 5.59. The van der Waals surface area contributed by atoms with Crippen molar-refractivity contribution in [3.63, 3.8) is 0 Å². The standard InChI is InChI=1S/C27H32N4O3/c1-17(32)29-20-13-21-5-6-22(14-20)31(21)16-25-12-19-4-9-24(15-27(19)34-25)33-23-7-2-18(3-8-23)26-10-11-28-30-26/h2-4,7-11,15,17,20-22,25,29,32H,5-6,12-14,16H2,1H3,(H,28,30). The second kappa shape index (κ2) is 9.06. The zero-order valence-corrected chi connectivity index (χ0v) is 19.5. The molecule has 3 N–H and O–H groups in total. The number of ether oxygens (including phenoxy) is 2. The van der Waals surface area contributed by atoms with E-state index in [9.17, 15) is 5.11 Å². The first-order chi connectivity index (χ1) is 16.6. The summed E-state index contributed by atoms with van der Waals surface area (Å²) in [5.74, 6) is 2.52. The highest BCUT2D eigenvalue weighted by Crippen LogP contribution is 2.39. The van der Waals surface area contributed by atoms with E-state index in [0.717, 1.165) is 54.3 Å². The highest BCUT2D eigenvalue weighted by atomic mass is 16.5. The smallest absolute Gasteiger partial charge is 0.131 e. The minimum absolute atomic E-state index is 0.184. The third-order valence-corrected chi connectivity index (χ3v) is 7.46. The van der Waals surface area contributed by atoms with Gasteiger partial charge < -0.3 is 14.6 Å². The van der Waals surface area contributed by atoms with Crippen molar-refractivity contribution < 1.29 is 14.6 Å². The van der Waals surface area contributed by atoms with E-state index in [1.165, 1.54) is 18.4 Å². The molecule has 2 saturated heterocycles. The van der Waals surface area contributed by atoms with E-state index in [-0.39, 0.29) is 6.10 Å². The molecule has 7 nitrogen and oxygen atoms in total. The van der Waals surface area contributed by atoms with Gasteiger partial charge in [-0.25, -0.2) is 0 Å². The maximum absolute atomic E-state index is 9.70. The number of nitrogens with zero attached hydrogens (tertiary/aromatic N) is 2. The van der Waals surface area contributed by atoms with Crippen LogP contribution in [0.25, 0.3) is 11.3 Å². The van der Waals surface area contributed by atoms with Gasteiger partial charge in [-0.2, -0.15) is 5.10 Å². The van der Waals surface area contributed by atoms with E-state index in [0.29, 0.717) is 18.1 Å². The molecule has 0 radical (unpaired) electrons. The molecule has 6 rings (SSSR count). The zero-order valence-electron chi connectivity index (χ0n) is 19.5. The Morgan fingerprint density at radius 3 is 2.59 bits per heavy atom. The second-order valence-electron chi connectivity index (χ2n) is 9.90. The molecule has 3 aliphatic heterocycles. The van der Waals surface area contributed by atoms with Crippen molar-refractivity contribution in [3.8, 4) is 28.5 Å². The van der Waals surface area contributed by atoms with Crippen molar-refractivity contribution in [2.45, 2.75) is 69.5 Å². The molecule has 7 heteroatoms. The normalized spacial score (nSPS) is 26.8. The molecule has 4 heterocycles. The van der Waals surface area contributed by atoms with Gasteiger partial charge in [0.15, 0.2) is 0 Å². The molecule has 34 heavy (non-hydrogen) atoms. The molecule has 0 saturated carbocycles. The number of aliphatic hydroxyl groups is 1. The number of nitrogens with one attached hydrogen (secondary N) is 2. The number of benzene rings is 2. The lowest BCUT2D eigenvalue weighted by Crippen LogP contribution is -2.53. The van der Waals surface area contributed by atoms with Gasteiger partial charge in [0, 0.05) is 43.4 Å². The topological polar surface area (TPSA) is 82.6 Å². The summed E-state index contributed by atoms with van der Waals surface area (Å²) >= 11 is 0. The van der Waals surface area contributed by atoms with Crippen LogP contribution in [0.4, 0.5) is 0 Å². The Morgan fingerprint density at radius 2 is 1.88 bits per heavy atom. The second-order valence-corrected chi connectivity index (χ2v) is 9.90. The Hall–Kier alpha value is -2.87. The maximum Gasteiger partial charge on any atom is 0.131 e. The van der Waals surface area contributed by atoms with Crippen LogP contribution >= 0.6 is 0 Å². The summed E-state index contributed by atoms with van der Waals surface area (Å²) in [5.41, 5.74) is 3.31. The van der Waals surface area contributed by atoms with E-state index in [2.05, 4.69) is 26.5 Å². The third kappa shape index (κ3) is 4.43. The van der Waals surface area contributed by atoms with Gasteiger partial charge in [-0.1, -0.05) is 6.07 Å². The summed E-state index contributed by atoms with van der Waals surface area (Å²) in [7, 11) is 0. The zero-order chi connectivity index (χ0) is 23.1. The van der Waals surface area contributed by atoms with E-state index < -0.39 is 6.23 Å². The molecule has 2 bridgehead atoms. The lowest BCUT2D eigenvalue weighted by molar-refractivity contribution is 0.0529. The minimum atomic E-state index is -0.436. The largest absolute Gasteiger partial charge is 0.488 e. The Kier molecular flexibility index (Phi) is 5.77. The fourth-order valence-electron chi connectivity index (χ4n) is 5.98. The van der Waals surface area contributed by atoms with Crippen molar-refractivity contribution in [1.29, 1.82) is 0 Å². The van der Waals surface area contributed by atoms with Gasteiger partial charge in [-0.3, -0.25) is 15.3 Å². The van der Waals surface area contributed by atoms with Crippen LogP contribution in [0.3, 0.4) is 0 Å². The lowest BCUT2D eigenvalue weighted by atomic mass is 9.96. The Morgan fingerprint density at radius 1 is 1.12 bits per heavy atom. The van der Waals surface area contributed by atoms with Crippen LogP contribution in [0.2, 0.25) is 0 Å². The van der Waals surface area contributed by atoms with Crippen LogP contribution in [0.5, 0.6) is 17.2 Å². The summed E-state index contributed by atoms with van der Waals surface area (Å²) in [5, 5.41) is 20.0. The van der Waals surface area contributed by atoms with Crippen molar-refractivity contribution >= 4 is 0 Å². The number of aromatic nitrogens is 2. The van der Waals surface area contributed by atoms with Gasteiger partial charge in [-0.05, 0) is 80.1 Å². The number of aromatic amines is 1. The summed E-state index contributed by atoms with van der Waals surface area (Å²) < 4.78 is 12.5. The van der Waals surface area contributed by atoms with Gasteiger partial charge in [-0.15, -0.1) is 0 Å². The summed E-state index contributed by atoms with van der Waals surface area (Å²) in [6.45, 7) is 2.78. The molecule has 4 unspecified atom stereocenters. The predicted octanol–water partition coefficient (Wildman–Crippen LogP) is 4.10. The predicted molar refractivity (Wildman–Crippen MR) is 130 cm³/mol. The first kappa shape index (κ1) is 21.6. The molecule has 3 aliphatic rings. The number of aliphatic hydroxyl groups excluding tert-OH is 1. The molecule has 0 amide bonds. The Balaban J connectivity index is 1.07. The monoisotopic (exact) mass is 460 g/mol. The summed E-state index contributed by atoms with van der Waals surface area (Å²) in [4.78, 5) is 2.66. The van der Waals surface area contributed by atoms with Crippen LogP contribution in [0.1, 0.15) is 38.2 Å². The van der Waals surface area contributed by atoms with Crippen LogP contribution in [0, 0.1) is 0 Å². The SMILES string of the molecule is CC(O)NC1CC2CCC(C1)N2CC1Cc2ccc(Oc3ccc(-c4ccn[nH]4)cc3)cc2O1. The van der Waals surface area contributed by atoms with Crippen LogP contribution in [-0.4, -0.2) is 57.2 Å². The highest BCUT2D eigenvalue weighted by Gasteiger charge is 2.42. The molecule has 1 aromatic heterocycles. The molecular weight excluding hydrogens is 428 g/mol. The molecule has 4 atom stereocenters. The minimum Gasteiger partial charge on any atom is -0.488 e. The molecule has 3 aromatic rings. The first-order valence-corrected chi connectivity index (χ1v) is 12.4. The molecule has 2 aromatic carbocycles. The van der Waals surface area contributed by atoms with E-state index in [4.69, 9.17) is 9.47 Å². The molecule has 178 valence electrons. The lowest BCUT2D eigenvalue weighted by Gasteiger charge is -2.40. The van der Waals surface area contributed by atoms with E-state index in [1.807, 2.05) is 49.4 Å². The van der Waals surface area contributed by atoms with Crippen molar-refractivity contribution in [1.82, 2.24) is 20.4 Å². The van der Waals surface area contributed by atoms with Gasteiger partial charge in [0.1, 0.15) is 29.6 Å². The van der Waals surface area contributed by atoms with Crippen LogP contribution in [-0.2, 0) is 6.42 Å². The Labute approximate surface area is 200 Å². The van der Waals surface area contributed by atoms with Gasteiger partial charge in [0.25, 0.3) is 0 Å². The maximum atomic E-state index is 9.70. The van der Waals surface area contributed by atoms with Crippen LogP contribution < -0.4 is 14.8 Å². The number of H-pyrrole nitrogens is 1. The summed E-state index contributed by atoms with van der Waals surface area (Å²) in [6, 6.07) is 17.7. The molecule has 0 spiro atoms. The molecule has 2 fully saturated rings. The van der Waals surface area contributed by atoms with Crippen molar-refractivity contribution in [3.05, 3.63) is 60.3 Å². The van der Waals surface area contributed by atoms with Gasteiger partial charge in [0.05, 0.1) is 5.69 Å². The first-order valence-electron chi connectivity index (χ1n) is 12.4. The fourth-order valence-corrected chi connectivity index (χ4v) is 5.98. The van der Waals surface area contributed by atoms with E-state index >= 15 is 0 Å². The van der Waals surface area contributed by atoms with Crippen LogP contribution in [0.15, 0.2) is 54.7 Å². The van der Waals surface area contributed by atoms with Crippen molar-refractivity contribution in [2.24, 2.45) is 0 Å². The quantitative estimate of drug-likeness (QED) is 0.461. The summed E-state index contributed by atoms with van der Waals surface area (Å²) in [6.07, 6.45) is 7.16. The number of hydrogen-bond acceptors (Lipinski definition) is 6. The Bertz CT molecular complexity index is 1100. The van der Waals surface area contributed by atoms with Gasteiger partial charge >= 0.3 is 0 Å². The average Bonchev–Trinajstić information content (AvgIpc) is 3.53. The van der Waals surface area contributed by atoms with E-state index in [1.54, 1.807) is 6.20 Å². The van der Waals surface area contributed by atoms with Crippen molar-refractivity contribution in [2.75, 3.05) is 6.54 Å². The number of piperidine rings is 1. The number of rotatable bonds is 7. The average molecular weight is 461 g/mol. The number of fused-ring (bicyclic) bond motifs is 3. The fraction of sp³-hybridized carbons (Fsp3) is 0.444. The third-order valence-electron chi connectivity index (χ3n) is 7.46. The molecular formula is C27H32N4O3. The number of hydrogen-bond donors (Lipinski definition) is 3. The molecule has 0 aliphatic carbocycles. The van der Waals surface area contributed by atoms with Gasteiger partial charge in [0.2, 0.25) is 0 Å².